The molecule has 0 spiro atoms. The van der Waals surface area contributed by atoms with Gasteiger partial charge in [0.2, 0.25) is 0 Å². The van der Waals surface area contributed by atoms with E-state index in [0.717, 1.165) is 11.3 Å². The molecule has 110 valence electrons. The number of anilines is 1. The van der Waals surface area contributed by atoms with Crippen LogP contribution in [0.5, 0.6) is 5.75 Å². The number of ether oxygens (including phenoxy) is 1. The monoisotopic (exact) mass is 287 g/mol. The highest BCUT2D eigenvalue weighted by molar-refractivity contribution is 5.99. The number of ketones is 1. The van der Waals surface area contributed by atoms with Crippen molar-refractivity contribution in [3.8, 4) is 5.75 Å². The van der Waals surface area contributed by atoms with Crippen LogP contribution in [0.25, 0.3) is 0 Å². The van der Waals surface area contributed by atoms with E-state index in [1.807, 2.05) is 24.3 Å². The average molecular weight is 287 g/mol. The van der Waals surface area contributed by atoms with Crippen LogP contribution < -0.4 is 9.64 Å². The summed E-state index contributed by atoms with van der Waals surface area (Å²) >= 11 is 0. The predicted molar refractivity (Wildman–Crippen MR) is 81.5 cm³/mol. The molecule has 2 aromatic rings. The van der Waals surface area contributed by atoms with Gasteiger partial charge in [-0.1, -0.05) is 24.3 Å². The van der Waals surface area contributed by atoms with Gasteiger partial charge >= 0.3 is 0 Å². The zero-order valence-corrected chi connectivity index (χ0v) is 12.4. The minimum absolute atomic E-state index is 0.156. The van der Waals surface area contributed by atoms with Crippen LogP contribution in [0.4, 0.5) is 10.1 Å². The number of hydrogen-bond acceptors (Lipinski definition) is 3. The van der Waals surface area contributed by atoms with Gasteiger partial charge in [0.15, 0.2) is 5.78 Å². The lowest BCUT2D eigenvalue weighted by atomic mass is 10.1. The van der Waals surface area contributed by atoms with E-state index in [9.17, 15) is 9.18 Å². The summed E-state index contributed by atoms with van der Waals surface area (Å²) in [5.74, 6) is 0.182. The molecule has 3 nitrogen and oxygen atoms in total. The van der Waals surface area contributed by atoms with Crippen molar-refractivity contribution in [1.29, 1.82) is 0 Å². The summed E-state index contributed by atoms with van der Waals surface area (Å²) in [5, 5.41) is 0. The highest BCUT2D eigenvalue weighted by Crippen LogP contribution is 2.27. The lowest BCUT2D eigenvalue weighted by Gasteiger charge is -2.23. The molecule has 0 aromatic heterocycles. The quantitative estimate of drug-likeness (QED) is 0.786. The predicted octanol–water partition coefficient (Wildman–Crippen LogP) is 3.67. The van der Waals surface area contributed by atoms with Crippen molar-refractivity contribution in [3.05, 3.63) is 59.4 Å². The number of nitrogens with zero attached hydrogens (tertiary/aromatic N) is 1. The van der Waals surface area contributed by atoms with Crippen LogP contribution in [0.3, 0.4) is 0 Å². The first-order valence-corrected chi connectivity index (χ1v) is 6.67. The van der Waals surface area contributed by atoms with Gasteiger partial charge in [0, 0.05) is 24.7 Å². The summed E-state index contributed by atoms with van der Waals surface area (Å²) < 4.78 is 19.4. The van der Waals surface area contributed by atoms with Crippen molar-refractivity contribution in [2.24, 2.45) is 0 Å². The molecule has 21 heavy (non-hydrogen) atoms. The van der Waals surface area contributed by atoms with Gasteiger partial charge in [-0.05, 0) is 25.1 Å². The van der Waals surface area contributed by atoms with E-state index < -0.39 is 5.82 Å². The van der Waals surface area contributed by atoms with Gasteiger partial charge in [0.25, 0.3) is 0 Å². The van der Waals surface area contributed by atoms with Gasteiger partial charge in [-0.15, -0.1) is 0 Å². The summed E-state index contributed by atoms with van der Waals surface area (Å²) in [6.45, 7) is 1.89. The first-order chi connectivity index (χ1) is 10.0. The Balaban J connectivity index is 2.37. The molecule has 0 atom stereocenters. The molecule has 0 saturated carbocycles. The Hall–Kier alpha value is -2.36. The molecular weight excluding hydrogens is 269 g/mol. The molecule has 0 unspecified atom stereocenters. The van der Waals surface area contributed by atoms with Crippen LogP contribution in [-0.4, -0.2) is 19.9 Å². The van der Waals surface area contributed by atoms with Gasteiger partial charge in [-0.2, -0.15) is 0 Å². The molecule has 0 bridgehead atoms. The Morgan fingerprint density at radius 1 is 1.19 bits per heavy atom. The molecule has 0 N–H and O–H groups in total. The number of halogens is 1. The second kappa shape index (κ2) is 6.39. The van der Waals surface area contributed by atoms with Crippen molar-refractivity contribution in [2.75, 3.05) is 19.1 Å². The number of methoxy groups -OCH3 is 1. The van der Waals surface area contributed by atoms with Crippen LogP contribution in [0, 0.1) is 5.82 Å². The highest BCUT2D eigenvalue weighted by atomic mass is 19.1. The van der Waals surface area contributed by atoms with Gasteiger partial charge < -0.3 is 9.64 Å². The molecule has 2 rings (SSSR count). The van der Waals surface area contributed by atoms with Crippen molar-refractivity contribution < 1.29 is 13.9 Å². The van der Waals surface area contributed by atoms with E-state index in [-0.39, 0.29) is 5.78 Å². The minimum atomic E-state index is -0.403. The maximum atomic E-state index is 14.1. The molecule has 0 saturated heterocycles. The second-order valence-electron chi connectivity index (χ2n) is 4.86. The molecule has 4 heteroatoms. The van der Waals surface area contributed by atoms with E-state index in [2.05, 4.69) is 0 Å². The topological polar surface area (TPSA) is 29.5 Å². The molecule has 0 amide bonds. The highest BCUT2D eigenvalue weighted by Gasteiger charge is 2.17. The minimum Gasteiger partial charge on any atom is -0.496 e. The lowest BCUT2D eigenvalue weighted by molar-refractivity contribution is 0.101. The molecule has 0 aliphatic rings. The molecule has 0 heterocycles. The Bertz CT molecular complexity index is 655. The summed E-state index contributed by atoms with van der Waals surface area (Å²) in [7, 11) is 3.36. The first-order valence-electron chi connectivity index (χ1n) is 6.67. The molecular formula is C17H18FNO2. The van der Waals surface area contributed by atoms with Gasteiger partial charge in [0.1, 0.15) is 11.6 Å². The number of para-hydroxylation sites is 2. The van der Waals surface area contributed by atoms with Crippen molar-refractivity contribution in [1.82, 2.24) is 0 Å². The number of rotatable bonds is 5. The number of Topliss-reactive ketones (excluding diaryl/α,β-unsaturated/α-hetero) is 1. The molecule has 0 aliphatic heterocycles. The third kappa shape index (κ3) is 3.21. The van der Waals surface area contributed by atoms with E-state index in [0.29, 0.717) is 17.8 Å². The zero-order chi connectivity index (χ0) is 15.4. The second-order valence-corrected chi connectivity index (χ2v) is 4.86. The fourth-order valence-corrected chi connectivity index (χ4v) is 2.36. The standard InChI is InChI=1S/C17H18FNO2/c1-12(20)14-8-6-9-15(18)17(14)19(2)11-13-7-4-5-10-16(13)21-3/h4-10H,11H2,1-3H3. The van der Waals surface area contributed by atoms with Crippen LogP contribution in [0.2, 0.25) is 0 Å². The van der Waals surface area contributed by atoms with Gasteiger partial charge in [-0.25, -0.2) is 4.39 Å². The van der Waals surface area contributed by atoms with Crippen LogP contribution in [-0.2, 0) is 6.54 Å². The molecule has 0 aliphatic carbocycles. The molecule has 0 radical (unpaired) electrons. The van der Waals surface area contributed by atoms with Crippen molar-refractivity contribution in [3.63, 3.8) is 0 Å². The Morgan fingerprint density at radius 3 is 2.57 bits per heavy atom. The number of carbonyl (C=O) groups excluding carboxylic acids is 1. The fourth-order valence-electron chi connectivity index (χ4n) is 2.36. The summed E-state index contributed by atoms with van der Waals surface area (Å²) in [5.41, 5.74) is 1.63. The van der Waals surface area contributed by atoms with Crippen molar-refractivity contribution >= 4 is 11.5 Å². The SMILES string of the molecule is COc1ccccc1CN(C)c1c(F)cccc1C(C)=O. The summed E-state index contributed by atoms with van der Waals surface area (Å²) in [4.78, 5) is 13.4. The Morgan fingerprint density at radius 2 is 1.90 bits per heavy atom. The number of carbonyl (C=O) groups is 1. The smallest absolute Gasteiger partial charge is 0.161 e. The third-order valence-electron chi connectivity index (χ3n) is 3.35. The maximum Gasteiger partial charge on any atom is 0.161 e. The van der Waals surface area contributed by atoms with Crippen LogP contribution >= 0.6 is 0 Å². The van der Waals surface area contributed by atoms with E-state index in [1.165, 1.54) is 13.0 Å². The third-order valence-corrected chi connectivity index (χ3v) is 3.35. The zero-order valence-electron chi connectivity index (χ0n) is 12.4. The summed E-state index contributed by atoms with van der Waals surface area (Å²) in [6, 6.07) is 12.1. The van der Waals surface area contributed by atoms with Gasteiger partial charge in [-0.3, -0.25) is 4.79 Å². The van der Waals surface area contributed by atoms with Crippen LogP contribution in [0.15, 0.2) is 42.5 Å². The molecule has 0 fully saturated rings. The average Bonchev–Trinajstić information content (AvgIpc) is 2.47. The Labute approximate surface area is 124 Å². The van der Waals surface area contributed by atoms with E-state index >= 15 is 0 Å². The van der Waals surface area contributed by atoms with E-state index in [4.69, 9.17) is 4.74 Å². The van der Waals surface area contributed by atoms with Crippen LogP contribution in [0.1, 0.15) is 22.8 Å². The van der Waals surface area contributed by atoms with Crippen molar-refractivity contribution in [2.45, 2.75) is 13.5 Å². The normalized spacial score (nSPS) is 10.3. The first kappa shape index (κ1) is 15.0. The van der Waals surface area contributed by atoms with Gasteiger partial charge in [0.05, 0.1) is 12.8 Å². The Kier molecular flexibility index (Phi) is 4.58. The number of hydrogen-bond donors (Lipinski definition) is 0. The lowest BCUT2D eigenvalue weighted by Crippen LogP contribution is -2.20. The fraction of sp³-hybridized carbons (Fsp3) is 0.235. The summed E-state index contributed by atoms with van der Waals surface area (Å²) in [6.07, 6.45) is 0. The number of benzene rings is 2. The van der Waals surface area contributed by atoms with E-state index in [1.54, 1.807) is 31.2 Å². The molecule has 2 aromatic carbocycles. The maximum absolute atomic E-state index is 14.1. The largest absolute Gasteiger partial charge is 0.496 e.